The lowest BCUT2D eigenvalue weighted by atomic mass is 9.96. The molecular formula is C10H22N3O2+. The van der Waals surface area contributed by atoms with Gasteiger partial charge in [0.2, 0.25) is 0 Å². The molecule has 1 aliphatic heterocycles. The van der Waals surface area contributed by atoms with E-state index in [1.54, 1.807) is 0 Å². The Morgan fingerprint density at radius 2 is 2.33 bits per heavy atom. The highest BCUT2D eigenvalue weighted by Gasteiger charge is 2.27. The van der Waals surface area contributed by atoms with Crippen molar-refractivity contribution in [2.24, 2.45) is 5.92 Å². The van der Waals surface area contributed by atoms with Crippen molar-refractivity contribution in [1.29, 1.82) is 0 Å². The number of rotatable bonds is 5. The van der Waals surface area contributed by atoms with E-state index in [4.69, 9.17) is 4.84 Å². The number of piperidine rings is 1. The summed E-state index contributed by atoms with van der Waals surface area (Å²) in [5.41, 5.74) is 2.49. The highest BCUT2D eigenvalue weighted by molar-refractivity contribution is 5.79. The van der Waals surface area contributed by atoms with Gasteiger partial charge in [0.05, 0.1) is 13.2 Å². The van der Waals surface area contributed by atoms with Gasteiger partial charge < -0.3 is 10.6 Å². The quantitative estimate of drug-likeness (QED) is 0.392. The Morgan fingerprint density at radius 3 is 2.93 bits per heavy atom. The van der Waals surface area contributed by atoms with E-state index >= 15 is 0 Å². The maximum atomic E-state index is 11.6. The number of likely N-dealkylation sites (N-methyl/N-ethyl adjacent to an activating group) is 1. The van der Waals surface area contributed by atoms with Crippen LogP contribution in [0.15, 0.2) is 0 Å². The number of nitrogens with one attached hydrogen (secondary N) is 2. The van der Waals surface area contributed by atoms with Gasteiger partial charge in [-0.3, -0.25) is 9.63 Å². The Bertz CT molecular complexity index is 191. The molecule has 0 aromatic rings. The summed E-state index contributed by atoms with van der Waals surface area (Å²) in [4.78, 5) is 16.6. The summed E-state index contributed by atoms with van der Waals surface area (Å²) in [5, 5.41) is 5.04. The first-order valence-corrected chi connectivity index (χ1v) is 5.63. The zero-order valence-electron chi connectivity index (χ0n) is 9.58. The molecule has 0 aromatic carbocycles. The van der Waals surface area contributed by atoms with Crippen molar-refractivity contribution in [3.05, 3.63) is 0 Å². The van der Waals surface area contributed by atoms with Crippen LogP contribution in [0.4, 0.5) is 0 Å². The summed E-state index contributed by atoms with van der Waals surface area (Å²) < 4.78 is 0. The molecule has 0 spiro atoms. The van der Waals surface area contributed by atoms with Crippen molar-refractivity contribution in [1.82, 2.24) is 10.8 Å². The van der Waals surface area contributed by atoms with E-state index < -0.39 is 0 Å². The summed E-state index contributed by atoms with van der Waals surface area (Å²) in [7, 11) is 1.85. The van der Waals surface area contributed by atoms with E-state index in [0.717, 1.165) is 31.8 Å². The summed E-state index contributed by atoms with van der Waals surface area (Å²) in [5.74, 6) is 0.720. The van der Waals surface area contributed by atoms with Gasteiger partial charge >= 0.3 is 5.91 Å². The Hall–Kier alpha value is -0.650. The van der Waals surface area contributed by atoms with Crippen LogP contribution < -0.4 is 16.1 Å². The van der Waals surface area contributed by atoms with E-state index in [-0.39, 0.29) is 11.9 Å². The zero-order valence-corrected chi connectivity index (χ0v) is 9.58. The molecule has 5 nitrogen and oxygen atoms in total. The molecule has 88 valence electrons. The van der Waals surface area contributed by atoms with Crippen molar-refractivity contribution in [3.63, 3.8) is 0 Å². The third-order valence-corrected chi connectivity index (χ3v) is 2.76. The molecule has 0 aliphatic carbocycles. The largest absolute Gasteiger partial charge is 0.336 e. The van der Waals surface area contributed by atoms with Crippen molar-refractivity contribution < 1.29 is 14.9 Å². The number of hydrogen-bond acceptors (Lipinski definition) is 3. The minimum atomic E-state index is -0.00185. The van der Waals surface area contributed by atoms with E-state index in [2.05, 4.69) is 23.0 Å². The van der Waals surface area contributed by atoms with Gasteiger partial charge in [-0.15, -0.1) is 0 Å². The van der Waals surface area contributed by atoms with Crippen LogP contribution in [-0.2, 0) is 9.63 Å². The molecule has 15 heavy (non-hydrogen) atoms. The van der Waals surface area contributed by atoms with Crippen molar-refractivity contribution in [3.8, 4) is 0 Å². The zero-order chi connectivity index (χ0) is 11.1. The number of carbonyl (C=O) groups excluding carboxylic acids is 1. The van der Waals surface area contributed by atoms with E-state index in [1.165, 1.54) is 0 Å². The summed E-state index contributed by atoms with van der Waals surface area (Å²) >= 11 is 0. The van der Waals surface area contributed by atoms with Gasteiger partial charge in [0.25, 0.3) is 0 Å². The van der Waals surface area contributed by atoms with Gasteiger partial charge in [-0.2, -0.15) is 0 Å². The van der Waals surface area contributed by atoms with Crippen molar-refractivity contribution in [2.45, 2.75) is 25.8 Å². The fraction of sp³-hybridized carbons (Fsp3) is 0.900. The molecule has 2 unspecified atom stereocenters. The van der Waals surface area contributed by atoms with Crippen LogP contribution >= 0.6 is 0 Å². The maximum absolute atomic E-state index is 11.6. The Morgan fingerprint density at radius 1 is 1.53 bits per heavy atom. The minimum Gasteiger partial charge on any atom is -0.336 e. The van der Waals surface area contributed by atoms with Gasteiger partial charge in [-0.05, 0) is 13.5 Å². The van der Waals surface area contributed by atoms with Crippen LogP contribution in [0.5, 0.6) is 0 Å². The van der Waals surface area contributed by atoms with Gasteiger partial charge in [-0.25, -0.2) is 5.48 Å². The number of amides is 1. The monoisotopic (exact) mass is 216 g/mol. The van der Waals surface area contributed by atoms with Crippen LogP contribution in [-0.4, -0.2) is 38.7 Å². The standard InChI is InChI=1S/C10H21N3O2/c1-8-3-4-9(12-7-8)10(14)13-15-6-5-11-2/h8-9,11-12H,3-7H2,1-2H3,(H,13,14)/p+1. The molecule has 1 heterocycles. The second kappa shape index (κ2) is 6.76. The lowest BCUT2D eigenvalue weighted by molar-refractivity contribution is -0.690. The molecule has 1 rings (SSSR count). The van der Waals surface area contributed by atoms with Gasteiger partial charge in [0, 0.05) is 18.9 Å². The molecule has 5 heteroatoms. The van der Waals surface area contributed by atoms with E-state index in [0.29, 0.717) is 6.61 Å². The predicted octanol–water partition coefficient (Wildman–Crippen LogP) is -1.38. The van der Waals surface area contributed by atoms with Crippen molar-refractivity contribution in [2.75, 3.05) is 26.7 Å². The molecule has 1 amide bonds. The third-order valence-electron chi connectivity index (χ3n) is 2.76. The smallest absolute Gasteiger partial charge is 0.301 e. The van der Waals surface area contributed by atoms with Crippen LogP contribution in [0.25, 0.3) is 0 Å². The molecule has 2 atom stereocenters. The first-order valence-electron chi connectivity index (χ1n) is 5.63. The highest BCUT2D eigenvalue weighted by Crippen LogP contribution is 2.08. The molecular weight excluding hydrogens is 194 g/mol. The summed E-state index contributed by atoms with van der Waals surface area (Å²) in [6, 6.07) is 0.0378. The Labute approximate surface area is 90.9 Å². The minimum absolute atomic E-state index is 0.00185. The van der Waals surface area contributed by atoms with Gasteiger partial charge in [0.15, 0.2) is 6.04 Å². The maximum Gasteiger partial charge on any atom is 0.301 e. The van der Waals surface area contributed by atoms with Crippen LogP contribution in [0.2, 0.25) is 0 Å². The van der Waals surface area contributed by atoms with Gasteiger partial charge in [-0.1, -0.05) is 6.92 Å². The second-order valence-electron chi connectivity index (χ2n) is 4.18. The number of hydroxylamine groups is 1. The molecule has 0 radical (unpaired) electrons. The topological polar surface area (TPSA) is 67.0 Å². The molecule has 0 saturated carbocycles. The Balaban J connectivity index is 2.11. The van der Waals surface area contributed by atoms with Crippen molar-refractivity contribution >= 4 is 5.91 Å². The third kappa shape index (κ3) is 4.59. The molecule has 0 bridgehead atoms. The SMILES string of the molecule is CNCCONC(=O)C1CCC(C)C[NH2+]1. The molecule has 4 N–H and O–H groups in total. The van der Waals surface area contributed by atoms with Crippen LogP contribution in [0.3, 0.4) is 0 Å². The fourth-order valence-corrected chi connectivity index (χ4v) is 1.69. The number of carbonyl (C=O) groups is 1. The molecule has 0 aromatic heterocycles. The van der Waals surface area contributed by atoms with Crippen LogP contribution in [0, 0.1) is 5.92 Å². The average Bonchev–Trinajstić information content (AvgIpc) is 2.25. The van der Waals surface area contributed by atoms with E-state index in [9.17, 15) is 4.79 Å². The Kier molecular flexibility index (Phi) is 5.60. The summed E-state index contributed by atoms with van der Waals surface area (Å²) in [6.45, 7) is 4.50. The normalized spacial score (nSPS) is 26.3. The average molecular weight is 216 g/mol. The van der Waals surface area contributed by atoms with Crippen LogP contribution in [0.1, 0.15) is 19.8 Å². The highest BCUT2D eigenvalue weighted by atomic mass is 16.7. The first kappa shape index (κ1) is 12.4. The summed E-state index contributed by atoms with van der Waals surface area (Å²) in [6.07, 6.45) is 2.08. The fourth-order valence-electron chi connectivity index (χ4n) is 1.69. The van der Waals surface area contributed by atoms with Gasteiger partial charge in [0.1, 0.15) is 0 Å². The lowest BCUT2D eigenvalue weighted by Gasteiger charge is -2.23. The first-order chi connectivity index (χ1) is 7.24. The molecule has 1 saturated heterocycles. The number of quaternary nitrogens is 1. The molecule has 1 aliphatic rings. The molecule has 1 fully saturated rings. The lowest BCUT2D eigenvalue weighted by Crippen LogP contribution is -2.95. The van der Waals surface area contributed by atoms with E-state index in [1.807, 2.05) is 7.05 Å². The number of hydrogen-bond donors (Lipinski definition) is 3. The second-order valence-corrected chi connectivity index (χ2v) is 4.18. The predicted molar refractivity (Wildman–Crippen MR) is 57.0 cm³/mol. The number of nitrogens with two attached hydrogens (primary N) is 1.